The first-order chi connectivity index (χ1) is 4.86. The van der Waals surface area contributed by atoms with Gasteiger partial charge in [0.1, 0.15) is 0 Å². The van der Waals surface area contributed by atoms with E-state index in [2.05, 4.69) is 24.3 Å². The molecule has 0 aliphatic carbocycles. The van der Waals surface area contributed by atoms with Crippen LogP contribution >= 0.6 is 12.2 Å². The predicted molar refractivity (Wildman–Crippen MR) is 48.7 cm³/mol. The first kappa shape index (κ1) is 7.02. The van der Waals surface area contributed by atoms with Gasteiger partial charge in [-0.3, -0.25) is 0 Å². The Hall–Kier alpha value is 0.349. The van der Waals surface area contributed by atoms with Crippen LogP contribution in [-0.4, -0.2) is 29.0 Å². The summed E-state index contributed by atoms with van der Waals surface area (Å²) in [5.74, 6) is 0. The van der Waals surface area contributed by atoms with Crippen LogP contribution < -0.4 is 0 Å². The van der Waals surface area contributed by atoms with Crippen molar-refractivity contribution >= 4 is 49.7 Å². The van der Waals surface area contributed by atoms with Gasteiger partial charge >= 0.3 is 76.3 Å². The van der Waals surface area contributed by atoms with Crippen LogP contribution in [-0.2, 0) is 0 Å². The molecule has 50 valence electrons. The zero-order valence-electron chi connectivity index (χ0n) is 5.03. The molecule has 1 heterocycles. The summed E-state index contributed by atoms with van der Waals surface area (Å²) in [6.45, 7) is 0. The third-order valence-corrected chi connectivity index (χ3v) is 7.69. The summed E-state index contributed by atoms with van der Waals surface area (Å²) in [6.07, 6.45) is 0. The third kappa shape index (κ3) is 1.20. The van der Waals surface area contributed by atoms with Crippen LogP contribution in [0, 0.1) is 2.26 Å². The minimum absolute atomic E-state index is 0.520. The van der Waals surface area contributed by atoms with Crippen molar-refractivity contribution in [2.45, 2.75) is 0 Å². The summed E-state index contributed by atoms with van der Waals surface area (Å²) in [6, 6.07) is 8.61. The molecule has 0 spiro atoms. The molecule has 2 rings (SSSR count). The van der Waals surface area contributed by atoms with Gasteiger partial charge in [-0.1, -0.05) is 0 Å². The maximum atomic E-state index is 5.18. The summed E-state index contributed by atoms with van der Waals surface area (Å²) in [4.78, 5) is 0. The van der Waals surface area contributed by atoms with E-state index in [0.29, 0.717) is 29.0 Å². The average Bonchev–Trinajstić information content (AvgIpc) is 2.27. The van der Waals surface area contributed by atoms with Gasteiger partial charge in [0.15, 0.2) is 0 Å². The second kappa shape index (κ2) is 2.77. The molecule has 0 atom stereocenters. The van der Waals surface area contributed by atoms with E-state index in [-0.39, 0.29) is 0 Å². The Bertz CT molecular complexity index is 363. The first-order valence-electron chi connectivity index (χ1n) is 2.85. The Balaban J connectivity index is 3.01. The Labute approximate surface area is 76.0 Å². The van der Waals surface area contributed by atoms with Crippen molar-refractivity contribution < 1.29 is 0 Å². The summed E-state index contributed by atoms with van der Waals surface area (Å²) in [5.41, 5.74) is 0. The van der Waals surface area contributed by atoms with Gasteiger partial charge in [-0.15, -0.1) is 0 Å². The van der Waals surface area contributed by atoms with Crippen molar-refractivity contribution in [3.05, 3.63) is 26.5 Å². The molecular weight excluding hydrogens is 274 g/mol. The molecule has 0 bridgehead atoms. The molecule has 0 saturated heterocycles. The molecule has 0 N–H and O–H groups in total. The van der Waals surface area contributed by atoms with Crippen molar-refractivity contribution in [2.75, 3.05) is 0 Å². The van der Waals surface area contributed by atoms with Crippen LogP contribution in [0.1, 0.15) is 0 Å². The van der Waals surface area contributed by atoms with Gasteiger partial charge in [-0.05, 0) is 0 Å². The van der Waals surface area contributed by atoms with Crippen molar-refractivity contribution in [3.63, 3.8) is 0 Å². The van der Waals surface area contributed by atoms with E-state index in [1.165, 1.54) is 10.8 Å². The van der Waals surface area contributed by atoms with Gasteiger partial charge in [-0.25, -0.2) is 0 Å². The van der Waals surface area contributed by atoms with E-state index in [9.17, 15) is 0 Å². The fourth-order valence-corrected chi connectivity index (χ4v) is 7.24. The molecule has 0 amide bonds. The van der Waals surface area contributed by atoms with Crippen molar-refractivity contribution in [1.29, 1.82) is 0 Å². The molecule has 1 aromatic carbocycles. The molecule has 0 aliphatic rings. The molecule has 0 fully saturated rings. The predicted octanol–water partition coefficient (Wildman–Crippen LogP) is 1.68. The number of hydrogen-bond acceptors (Lipinski definition) is 1. The molecule has 0 aliphatic heterocycles. The molecule has 0 unspecified atom stereocenters. The Kier molecular flexibility index (Phi) is 1.94. The minimum atomic E-state index is 0.520. The van der Waals surface area contributed by atoms with Gasteiger partial charge in [0.05, 0.1) is 0 Å². The number of benzene rings is 1. The Morgan fingerprint density at radius 2 is 1.50 bits per heavy atom. The van der Waals surface area contributed by atoms with E-state index in [0.717, 1.165) is 0 Å². The van der Waals surface area contributed by atoms with Gasteiger partial charge in [0, 0.05) is 0 Å². The van der Waals surface area contributed by atoms with Crippen LogP contribution in [0.2, 0.25) is 0 Å². The monoisotopic (exact) mass is 280 g/mol. The topological polar surface area (TPSA) is 0 Å². The summed E-state index contributed by atoms with van der Waals surface area (Å²) < 4.78 is 4.33. The quantitative estimate of drug-likeness (QED) is 0.522. The molecule has 3 heteroatoms. The number of rotatable bonds is 0. The molecular formula is C7H4SSe2. The van der Waals surface area contributed by atoms with Gasteiger partial charge in [0.25, 0.3) is 0 Å². The first-order valence-corrected chi connectivity index (χ1v) is 6.68. The zero-order chi connectivity index (χ0) is 6.97. The summed E-state index contributed by atoms with van der Waals surface area (Å²) >= 11 is 6.22. The van der Waals surface area contributed by atoms with E-state index < -0.39 is 0 Å². The van der Waals surface area contributed by atoms with E-state index >= 15 is 0 Å². The molecule has 0 saturated carbocycles. The van der Waals surface area contributed by atoms with E-state index in [1.807, 2.05) is 0 Å². The number of fused-ring (bicyclic) bond motifs is 1. The van der Waals surface area contributed by atoms with Crippen LogP contribution in [0.3, 0.4) is 0 Å². The van der Waals surface area contributed by atoms with Gasteiger partial charge in [0.2, 0.25) is 0 Å². The van der Waals surface area contributed by atoms with Gasteiger partial charge < -0.3 is 0 Å². The van der Waals surface area contributed by atoms with Crippen molar-refractivity contribution in [3.8, 4) is 0 Å². The van der Waals surface area contributed by atoms with Gasteiger partial charge in [-0.2, -0.15) is 0 Å². The van der Waals surface area contributed by atoms with E-state index in [1.54, 1.807) is 0 Å². The van der Waals surface area contributed by atoms with Crippen LogP contribution in [0.5, 0.6) is 0 Å². The fraction of sp³-hybridized carbons (Fsp3) is 0. The standard InChI is InChI=1S/C7H4SSe2/c8-7-9-5-3-1-2-4-6(5)10-7/h1-4H. The second-order valence-electron chi connectivity index (χ2n) is 1.90. The average molecular weight is 278 g/mol. The zero-order valence-corrected chi connectivity index (χ0v) is 9.28. The third-order valence-electron chi connectivity index (χ3n) is 1.24. The molecule has 10 heavy (non-hydrogen) atoms. The molecule has 0 radical (unpaired) electrons. The second-order valence-corrected chi connectivity index (χ2v) is 9.20. The molecule has 2 aromatic rings. The van der Waals surface area contributed by atoms with Crippen molar-refractivity contribution in [1.82, 2.24) is 0 Å². The fourth-order valence-electron chi connectivity index (χ4n) is 0.819. The Morgan fingerprint density at radius 3 is 2.00 bits per heavy atom. The van der Waals surface area contributed by atoms with Crippen LogP contribution in [0.4, 0.5) is 0 Å². The van der Waals surface area contributed by atoms with E-state index in [4.69, 9.17) is 12.2 Å². The molecule has 1 aromatic heterocycles. The van der Waals surface area contributed by atoms with Crippen molar-refractivity contribution in [2.24, 2.45) is 0 Å². The number of hydrogen-bond donors (Lipinski definition) is 0. The van der Waals surface area contributed by atoms with Crippen LogP contribution in [0.15, 0.2) is 24.3 Å². The normalized spacial score (nSPS) is 10.4. The molecule has 0 nitrogen and oxygen atoms in total. The summed E-state index contributed by atoms with van der Waals surface area (Å²) in [7, 11) is 0. The maximum absolute atomic E-state index is 5.18. The summed E-state index contributed by atoms with van der Waals surface area (Å²) in [5, 5.41) is 0. The van der Waals surface area contributed by atoms with Crippen LogP contribution in [0.25, 0.3) is 8.52 Å². The SMILES string of the molecule is S=c1[se]c2ccccc2[se]1. The Morgan fingerprint density at radius 1 is 1.00 bits per heavy atom.